The van der Waals surface area contributed by atoms with Gasteiger partial charge in [-0.1, -0.05) is 53.4 Å². The van der Waals surface area contributed by atoms with E-state index >= 15 is 0 Å². The van der Waals surface area contributed by atoms with Crippen LogP contribution >= 0.6 is 23.1 Å². The van der Waals surface area contributed by atoms with Crippen molar-refractivity contribution >= 4 is 45.7 Å². The Labute approximate surface area is 181 Å². The van der Waals surface area contributed by atoms with E-state index in [0.717, 1.165) is 21.2 Å². The van der Waals surface area contributed by atoms with Crippen molar-refractivity contribution in [2.24, 2.45) is 5.92 Å². The van der Waals surface area contributed by atoms with Crippen LogP contribution in [0.2, 0.25) is 0 Å². The Balaban J connectivity index is 1.25. The fourth-order valence-corrected chi connectivity index (χ4v) is 4.90. The molecule has 2 heterocycles. The van der Waals surface area contributed by atoms with E-state index in [1.165, 1.54) is 35.2 Å². The second-order valence-corrected chi connectivity index (χ2v) is 9.12. The number of halogens is 1. The average Bonchev–Trinajstić information content (AvgIpc) is 3.19. The number of fused-ring (bicyclic) bond motifs is 1. The van der Waals surface area contributed by atoms with Crippen LogP contribution in [-0.4, -0.2) is 22.0 Å². The molecule has 0 unspecified atom stereocenters. The molecule has 1 aromatic heterocycles. The Morgan fingerprint density at radius 3 is 2.83 bits per heavy atom. The molecule has 4 rings (SSSR count). The number of hydrogen-bond donors (Lipinski definition) is 2. The molecule has 154 valence electrons. The second kappa shape index (κ2) is 9.36. The first-order valence-electron chi connectivity index (χ1n) is 9.46. The highest BCUT2D eigenvalue weighted by atomic mass is 32.2. The van der Waals surface area contributed by atoms with Crippen molar-refractivity contribution in [2.75, 3.05) is 10.6 Å². The number of benzene rings is 2. The monoisotopic (exact) mass is 442 g/mol. The molecule has 3 aromatic rings. The van der Waals surface area contributed by atoms with E-state index in [9.17, 15) is 14.0 Å². The Hall–Kier alpha value is -2.78. The molecule has 2 N–H and O–H groups in total. The predicted octanol–water partition coefficient (Wildman–Crippen LogP) is 4.50. The number of aromatic nitrogens is 2. The van der Waals surface area contributed by atoms with Crippen LogP contribution in [0.1, 0.15) is 24.0 Å². The van der Waals surface area contributed by atoms with Crippen molar-refractivity contribution in [3.8, 4) is 0 Å². The first kappa shape index (κ1) is 20.5. The summed E-state index contributed by atoms with van der Waals surface area (Å²) in [5.74, 6) is -0.0764. The van der Waals surface area contributed by atoms with E-state index in [2.05, 4.69) is 20.8 Å². The van der Waals surface area contributed by atoms with Crippen molar-refractivity contribution in [2.45, 2.75) is 29.4 Å². The Bertz CT molecular complexity index is 1060. The van der Waals surface area contributed by atoms with Gasteiger partial charge in [0.05, 0.1) is 0 Å². The summed E-state index contributed by atoms with van der Waals surface area (Å²) in [5, 5.41) is 14.2. The largest absolute Gasteiger partial charge is 0.326 e. The summed E-state index contributed by atoms with van der Waals surface area (Å²) in [6.07, 6.45) is 1.34. The molecule has 0 saturated heterocycles. The molecule has 2 aromatic carbocycles. The smallest absolute Gasteiger partial charge is 0.227 e. The summed E-state index contributed by atoms with van der Waals surface area (Å²) in [5.41, 5.74) is 2.92. The number of rotatable bonds is 7. The molecule has 1 atom stereocenters. The zero-order valence-corrected chi connectivity index (χ0v) is 17.6. The zero-order chi connectivity index (χ0) is 20.9. The van der Waals surface area contributed by atoms with Crippen molar-refractivity contribution in [1.29, 1.82) is 0 Å². The zero-order valence-electron chi connectivity index (χ0n) is 15.9. The Morgan fingerprint density at radius 2 is 2.00 bits per heavy atom. The van der Waals surface area contributed by atoms with Gasteiger partial charge in [-0.25, -0.2) is 4.39 Å². The maximum atomic E-state index is 13.0. The first-order chi connectivity index (χ1) is 14.6. The highest BCUT2D eigenvalue weighted by Crippen LogP contribution is 2.29. The van der Waals surface area contributed by atoms with E-state index < -0.39 is 0 Å². The van der Waals surface area contributed by atoms with Crippen molar-refractivity contribution in [3.63, 3.8) is 0 Å². The quantitative estimate of drug-likeness (QED) is 0.416. The van der Waals surface area contributed by atoms with E-state index in [0.29, 0.717) is 23.7 Å². The number of hydrogen-bond acceptors (Lipinski definition) is 6. The van der Waals surface area contributed by atoms with Gasteiger partial charge in [0, 0.05) is 23.8 Å². The van der Waals surface area contributed by atoms with Gasteiger partial charge in [0.1, 0.15) is 5.82 Å². The lowest BCUT2D eigenvalue weighted by atomic mass is 9.89. The van der Waals surface area contributed by atoms with Gasteiger partial charge in [-0.3, -0.25) is 9.59 Å². The maximum Gasteiger partial charge on any atom is 0.227 e. The highest BCUT2D eigenvalue weighted by Gasteiger charge is 2.26. The minimum absolute atomic E-state index is 0.0445. The van der Waals surface area contributed by atoms with Gasteiger partial charge in [-0.2, -0.15) is 0 Å². The lowest BCUT2D eigenvalue weighted by Gasteiger charge is -2.24. The molecule has 0 aliphatic carbocycles. The van der Waals surface area contributed by atoms with Gasteiger partial charge in [0.2, 0.25) is 16.9 Å². The summed E-state index contributed by atoms with van der Waals surface area (Å²) in [6.45, 7) is 0. The summed E-state index contributed by atoms with van der Waals surface area (Å²) < 4.78 is 13.7. The van der Waals surface area contributed by atoms with E-state index in [1.54, 1.807) is 12.1 Å². The molecule has 0 fully saturated rings. The van der Waals surface area contributed by atoms with Gasteiger partial charge >= 0.3 is 0 Å². The fraction of sp³-hybridized carbons (Fsp3) is 0.238. The van der Waals surface area contributed by atoms with Crippen molar-refractivity contribution < 1.29 is 14.0 Å². The van der Waals surface area contributed by atoms with Crippen molar-refractivity contribution in [1.82, 2.24) is 10.2 Å². The third-order valence-corrected chi connectivity index (χ3v) is 6.80. The molecule has 2 amide bonds. The van der Waals surface area contributed by atoms with Gasteiger partial charge in [0.15, 0.2) is 4.34 Å². The van der Waals surface area contributed by atoms with Crippen LogP contribution in [0.25, 0.3) is 0 Å². The lowest BCUT2D eigenvalue weighted by Crippen LogP contribution is -2.30. The fourth-order valence-electron chi connectivity index (χ4n) is 3.18. The number of anilines is 2. The Kier molecular flexibility index (Phi) is 6.39. The van der Waals surface area contributed by atoms with E-state index in [1.807, 2.05) is 24.3 Å². The summed E-state index contributed by atoms with van der Waals surface area (Å²) in [7, 11) is 0. The average molecular weight is 443 g/mol. The first-order valence-corrected chi connectivity index (χ1v) is 11.3. The van der Waals surface area contributed by atoms with Crippen LogP contribution in [0.15, 0.2) is 52.9 Å². The number of thioether (sulfide) groups is 1. The van der Waals surface area contributed by atoms with Crippen LogP contribution < -0.4 is 10.6 Å². The molecule has 1 aliphatic heterocycles. The minimum Gasteiger partial charge on any atom is -0.326 e. The molecule has 6 nitrogen and oxygen atoms in total. The number of nitrogens with zero attached hydrogens (tertiary/aromatic N) is 2. The highest BCUT2D eigenvalue weighted by molar-refractivity contribution is 8.00. The predicted molar refractivity (Wildman–Crippen MR) is 116 cm³/mol. The van der Waals surface area contributed by atoms with Crippen LogP contribution in [0.4, 0.5) is 15.2 Å². The van der Waals surface area contributed by atoms with Gasteiger partial charge < -0.3 is 10.6 Å². The standard InChI is InChI=1S/C21H19FN4O2S2/c22-16-8-5-13(6-9-16)12-29-21-26-25-20(30-21)24-18(27)10-7-15-11-14-3-1-2-4-17(14)23-19(15)28/h1-6,8-9,15H,7,10-12H2,(H,23,28)(H,24,25,27)/t15-/m0/s1. The molecule has 0 spiro atoms. The number of carbonyl (C=O) groups excluding carboxylic acids is 2. The summed E-state index contributed by atoms with van der Waals surface area (Å²) in [4.78, 5) is 24.5. The molecule has 9 heteroatoms. The lowest BCUT2D eigenvalue weighted by molar-refractivity contribution is -0.121. The molecule has 0 saturated carbocycles. The molecule has 1 aliphatic rings. The molecule has 30 heavy (non-hydrogen) atoms. The molecular formula is C21H19FN4O2S2. The van der Waals surface area contributed by atoms with Gasteiger partial charge in [-0.15, -0.1) is 10.2 Å². The van der Waals surface area contributed by atoms with E-state index in [-0.39, 0.29) is 30.0 Å². The number of amides is 2. The van der Waals surface area contributed by atoms with Gasteiger partial charge in [0.25, 0.3) is 0 Å². The third-order valence-electron chi connectivity index (χ3n) is 4.76. The number of carbonyl (C=O) groups is 2. The molecule has 0 bridgehead atoms. The van der Waals surface area contributed by atoms with Crippen LogP contribution in [0.5, 0.6) is 0 Å². The Morgan fingerprint density at radius 1 is 1.20 bits per heavy atom. The second-order valence-electron chi connectivity index (χ2n) is 6.92. The van der Waals surface area contributed by atoms with Crippen LogP contribution in [0.3, 0.4) is 0 Å². The topological polar surface area (TPSA) is 84.0 Å². The third kappa shape index (κ3) is 5.22. The minimum atomic E-state index is -0.264. The number of para-hydroxylation sites is 1. The summed E-state index contributed by atoms with van der Waals surface area (Å²) >= 11 is 2.77. The number of nitrogens with one attached hydrogen (secondary N) is 2. The van der Waals surface area contributed by atoms with E-state index in [4.69, 9.17) is 0 Å². The molecule has 0 radical (unpaired) electrons. The summed E-state index contributed by atoms with van der Waals surface area (Å²) in [6, 6.07) is 14.0. The van der Waals surface area contributed by atoms with Crippen LogP contribution in [0, 0.1) is 11.7 Å². The van der Waals surface area contributed by atoms with Gasteiger partial charge in [-0.05, 0) is 42.2 Å². The normalized spacial score (nSPS) is 15.4. The maximum absolute atomic E-state index is 13.0. The van der Waals surface area contributed by atoms with Crippen LogP contribution in [-0.2, 0) is 21.8 Å². The van der Waals surface area contributed by atoms with Crippen molar-refractivity contribution in [3.05, 3.63) is 65.5 Å². The molecular weight excluding hydrogens is 423 g/mol. The SMILES string of the molecule is O=C(CC[C@H]1Cc2ccccc2NC1=O)Nc1nnc(SCc2ccc(F)cc2)s1.